The Kier molecular flexibility index (Phi) is 7.60. The van der Waals surface area contributed by atoms with Crippen LogP contribution in [0.5, 0.6) is 0 Å². The minimum atomic E-state index is -4.09. The van der Waals surface area contributed by atoms with Crippen molar-refractivity contribution in [2.24, 2.45) is 0 Å². The molecule has 2 rings (SSSR count). The van der Waals surface area contributed by atoms with Crippen molar-refractivity contribution in [1.82, 2.24) is 4.72 Å². The van der Waals surface area contributed by atoms with Crippen LogP contribution in [0.15, 0.2) is 60.0 Å². The highest BCUT2D eigenvalue weighted by Crippen LogP contribution is 2.18. The molecule has 1 N–H and O–H groups in total. The third-order valence-electron chi connectivity index (χ3n) is 3.44. The highest BCUT2D eigenvalue weighted by atomic mass is 35.5. The number of hydrogen-bond donors (Lipinski definition) is 1. The largest absolute Gasteiger partial charge is 0.465 e. The fraction of sp³-hybridized carbons (Fsp3) is 0.158. The minimum absolute atomic E-state index is 0.132. The predicted octanol–water partition coefficient (Wildman–Crippen LogP) is 3.42. The van der Waals surface area contributed by atoms with Crippen molar-refractivity contribution >= 4 is 45.4 Å². The number of nitrogens with zero attached hydrogens (tertiary/aromatic N) is 1. The monoisotopic (exact) mass is 422 g/mol. The molecular weight excluding hydrogens is 404 g/mol. The molecule has 0 radical (unpaired) electrons. The molecular formula is C19H19ClN2O5S. The van der Waals surface area contributed by atoms with Gasteiger partial charge in [0.15, 0.2) is 0 Å². The van der Waals surface area contributed by atoms with E-state index in [1.54, 1.807) is 37.3 Å². The fourth-order valence-corrected chi connectivity index (χ4v) is 3.06. The summed E-state index contributed by atoms with van der Waals surface area (Å²) in [5.41, 5.74) is 0.943. The second-order valence-electron chi connectivity index (χ2n) is 5.53. The zero-order valence-corrected chi connectivity index (χ0v) is 16.6. The lowest BCUT2D eigenvalue weighted by Gasteiger charge is -2.21. The summed E-state index contributed by atoms with van der Waals surface area (Å²) in [6.07, 6.45) is 1.35. The van der Waals surface area contributed by atoms with Crippen LogP contribution in [-0.4, -0.2) is 33.6 Å². The van der Waals surface area contributed by atoms with Crippen LogP contribution in [0.1, 0.15) is 12.5 Å². The van der Waals surface area contributed by atoms with Crippen LogP contribution >= 0.6 is 11.6 Å². The van der Waals surface area contributed by atoms with Crippen LogP contribution < -0.4 is 9.62 Å². The summed E-state index contributed by atoms with van der Waals surface area (Å²) in [4.78, 5) is 25.4. The van der Waals surface area contributed by atoms with Crippen LogP contribution in [0, 0.1) is 0 Å². The zero-order chi connectivity index (χ0) is 20.6. The number of urea groups is 1. The molecule has 0 aliphatic carbocycles. The Morgan fingerprint density at radius 3 is 2.36 bits per heavy atom. The van der Waals surface area contributed by atoms with Gasteiger partial charge in [0.05, 0.1) is 12.0 Å². The number of hydrogen-bond acceptors (Lipinski definition) is 5. The van der Waals surface area contributed by atoms with E-state index >= 15 is 0 Å². The SMILES string of the molecule is CCOC(=O)CN(C(=O)NS(=O)(=O)/C=C/c1ccccc1)c1ccc(Cl)cc1. The number of amides is 2. The van der Waals surface area contributed by atoms with Crippen molar-refractivity contribution in [2.75, 3.05) is 18.1 Å². The summed E-state index contributed by atoms with van der Waals surface area (Å²) in [5, 5.41) is 1.31. The van der Waals surface area contributed by atoms with Gasteiger partial charge in [-0.1, -0.05) is 41.9 Å². The molecule has 0 atom stereocenters. The smallest absolute Gasteiger partial charge is 0.336 e. The molecule has 0 fully saturated rings. The van der Waals surface area contributed by atoms with Crippen LogP contribution in [-0.2, 0) is 19.6 Å². The number of carbonyl (C=O) groups is 2. The first-order chi connectivity index (χ1) is 13.3. The molecule has 0 aromatic heterocycles. The lowest BCUT2D eigenvalue weighted by molar-refractivity contribution is -0.141. The molecule has 0 bridgehead atoms. The van der Waals surface area contributed by atoms with E-state index in [0.29, 0.717) is 10.6 Å². The second kappa shape index (κ2) is 9.91. The number of esters is 1. The normalized spacial score (nSPS) is 11.2. The molecule has 0 heterocycles. The number of ether oxygens (including phenoxy) is 1. The van der Waals surface area contributed by atoms with Crippen LogP contribution in [0.4, 0.5) is 10.5 Å². The third-order valence-corrected chi connectivity index (χ3v) is 4.65. The van der Waals surface area contributed by atoms with E-state index in [-0.39, 0.29) is 12.3 Å². The summed E-state index contributed by atoms with van der Waals surface area (Å²) in [6, 6.07) is 13.8. The zero-order valence-electron chi connectivity index (χ0n) is 15.0. The summed E-state index contributed by atoms with van der Waals surface area (Å²) in [5.74, 6) is -0.676. The number of halogens is 1. The maximum absolute atomic E-state index is 12.6. The van der Waals surface area contributed by atoms with Crippen molar-refractivity contribution in [2.45, 2.75) is 6.92 Å². The quantitative estimate of drug-likeness (QED) is 0.690. The molecule has 28 heavy (non-hydrogen) atoms. The van der Waals surface area contributed by atoms with Gasteiger partial charge in [-0.25, -0.2) is 17.9 Å². The Labute approximate surface area is 168 Å². The fourth-order valence-electron chi connectivity index (χ4n) is 2.18. The molecule has 2 amide bonds. The van der Waals surface area contributed by atoms with E-state index in [1.165, 1.54) is 30.3 Å². The first kappa shape index (κ1) is 21.5. The second-order valence-corrected chi connectivity index (χ2v) is 7.54. The Balaban J connectivity index is 2.19. The molecule has 0 aliphatic rings. The average Bonchev–Trinajstić information content (AvgIpc) is 2.66. The maximum atomic E-state index is 12.6. The molecule has 148 valence electrons. The van der Waals surface area contributed by atoms with Gasteiger partial charge in [-0.05, 0) is 42.8 Å². The van der Waals surface area contributed by atoms with Gasteiger partial charge in [-0.2, -0.15) is 0 Å². The Hall–Kier alpha value is -2.84. The third kappa shape index (κ3) is 6.71. The van der Waals surface area contributed by atoms with Gasteiger partial charge in [0.1, 0.15) is 6.54 Å². The highest BCUT2D eigenvalue weighted by Gasteiger charge is 2.23. The van der Waals surface area contributed by atoms with Gasteiger partial charge in [0.25, 0.3) is 10.0 Å². The van der Waals surface area contributed by atoms with E-state index in [2.05, 4.69) is 0 Å². The average molecular weight is 423 g/mol. The molecule has 7 nitrogen and oxygen atoms in total. The Bertz CT molecular complexity index is 944. The standard InChI is InChI=1S/C19H19ClN2O5S/c1-2-27-18(23)14-22(17-10-8-16(20)9-11-17)19(24)21-28(25,26)13-12-15-6-4-3-5-7-15/h3-13H,2,14H2,1H3,(H,21,24)/b13-12+. The highest BCUT2D eigenvalue weighted by molar-refractivity contribution is 7.93. The van der Waals surface area contributed by atoms with Crippen molar-refractivity contribution in [1.29, 1.82) is 0 Å². The topological polar surface area (TPSA) is 92.8 Å². The maximum Gasteiger partial charge on any atom is 0.336 e. The molecule has 0 saturated carbocycles. The van der Waals surface area contributed by atoms with E-state index in [1.807, 2.05) is 4.72 Å². The summed E-state index contributed by atoms with van der Waals surface area (Å²) < 4.78 is 31.2. The van der Waals surface area contributed by atoms with Gasteiger partial charge in [-0.15, -0.1) is 0 Å². The lowest BCUT2D eigenvalue weighted by Crippen LogP contribution is -2.45. The summed E-state index contributed by atoms with van der Waals surface area (Å²) >= 11 is 5.84. The van der Waals surface area contributed by atoms with Crippen molar-refractivity contribution in [3.05, 3.63) is 70.6 Å². The van der Waals surface area contributed by atoms with E-state index in [9.17, 15) is 18.0 Å². The van der Waals surface area contributed by atoms with Gasteiger partial charge in [0, 0.05) is 10.7 Å². The predicted molar refractivity (Wildman–Crippen MR) is 108 cm³/mol. The Morgan fingerprint density at radius 2 is 1.75 bits per heavy atom. The number of nitrogens with one attached hydrogen (secondary N) is 1. The van der Waals surface area contributed by atoms with Crippen LogP contribution in [0.3, 0.4) is 0 Å². The van der Waals surface area contributed by atoms with E-state index in [4.69, 9.17) is 16.3 Å². The molecule has 2 aromatic rings. The minimum Gasteiger partial charge on any atom is -0.465 e. The first-order valence-corrected chi connectivity index (χ1v) is 10.2. The lowest BCUT2D eigenvalue weighted by atomic mass is 10.2. The number of anilines is 1. The van der Waals surface area contributed by atoms with Gasteiger partial charge in [0.2, 0.25) is 0 Å². The van der Waals surface area contributed by atoms with Gasteiger partial charge < -0.3 is 4.74 Å². The molecule has 0 unspecified atom stereocenters. The summed E-state index contributed by atoms with van der Waals surface area (Å²) in [7, 11) is -4.09. The summed E-state index contributed by atoms with van der Waals surface area (Å²) in [6.45, 7) is 1.30. The number of sulfonamides is 1. The van der Waals surface area contributed by atoms with Crippen molar-refractivity contribution in [3.8, 4) is 0 Å². The van der Waals surface area contributed by atoms with Crippen molar-refractivity contribution < 1.29 is 22.7 Å². The van der Waals surface area contributed by atoms with E-state index in [0.717, 1.165) is 10.3 Å². The number of carbonyl (C=O) groups excluding carboxylic acids is 2. The first-order valence-electron chi connectivity index (χ1n) is 8.29. The molecule has 0 saturated heterocycles. The number of rotatable bonds is 7. The van der Waals surface area contributed by atoms with E-state index < -0.39 is 28.6 Å². The van der Waals surface area contributed by atoms with Gasteiger partial charge >= 0.3 is 12.0 Å². The Morgan fingerprint density at radius 1 is 1.11 bits per heavy atom. The molecule has 0 aliphatic heterocycles. The van der Waals surface area contributed by atoms with Crippen LogP contribution in [0.25, 0.3) is 6.08 Å². The number of benzene rings is 2. The van der Waals surface area contributed by atoms with Gasteiger partial charge in [-0.3, -0.25) is 9.69 Å². The van der Waals surface area contributed by atoms with Crippen LogP contribution in [0.2, 0.25) is 5.02 Å². The molecule has 9 heteroatoms. The molecule has 2 aromatic carbocycles. The molecule has 0 spiro atoms. The van der Waals surface area contributed by atoms with Crippen molar-refractivity contribution in [3.63, 3.8) is 0 Å².